The van der Waals surface area contributed by atoms with E-state index in [2.05, 4.69) is 31.9 Å². The lowest BCUT2D eigenvalue weighted by Gasteiger charge is -2.14. The van der Waals surface area contributed by atoms with Crippen molar-refractivity contribution >= 4 is 61.2 Å². The highest BCUT2D eigenvalue weighted by atomic mass is 79.9. The number of carbonyl (C=O) groups is 3. The molecule has 0 aliphatic carbocycles. The fraction of sp³-hybridized carbons (Fsp3) is 0.0952. The second kappa shape index (κ2) is 8.75. The van der Waals surface area contributed by atoms with Gasteiger partial charge in [-0.1, -0.05) is 12.1 Å². The predicted molar refractivity (Wildman–Crippen MR) is 117 cm³/mol. The smallest absolute Gasteiger partial charge is 0.273 e. The number of ether oxygens (including phenoxy) is 2. The summed E-state index contributed by atoms with van der Waals surface area (Å²) < 4.78 is 10.8. The van der Waals surface area contributed by atoms with Gasteiger partial charge in [0.15, 0.2) is 17.3 Å². The molecule has 148 valence electrons. The molecule has 0 unspecified atom stereocenters. The molecule has 0 atom stereocenters. The minimum Gasteiger partial charge on any atom is -0.493 e. The molecule has 2 aromatic carbocycles. The summed E-state index contributed by atoms with van der Waals surface area (Å²) in [6.45, 7) is 0. The zero-order valence-corrected chi connectivity index (χ0v) is 18.6. The largest absolute Gasteiger partial charge is 0.493 e. The predicted octanol–water partition coefficient (Wildman–Crippen LogP) is 4.47. The Kier molecular flexibility index (Phi) is 6.34. The number of amides is 2. The van der Waals surface area contributed by atoms with Gasteiger partial charge >= 0.3 is 0 Å². The van der Waals surface area contributed by atoms with Gasteiger partial charge in [-0.05, 0) is 79.9 Å². The van der Waals surface area contributed by atoms with E-state index >= 15 is 0 Å². The maximum Gasteiger partial charge on any atom is 0.273 e. The zero-order valence-electron chi connectivity index (χ0n) is 15.4. The third kappa shape index (κ3) is 4.18. The van der Waals surface area contributed by atoms with E-state index in [1.807, 2.05) is 6.07 Å². The molecule has 29 heavy (non-hydrogen) atoms. The lowest BCUT2D eigenvalue weighted by molar-refractivity contribution is -0.120. The standard InChI is InChI=1S/C21H15Br2NO5/c1-28-16-10-4-12(11-17(16)29-2)3-9-15(25)13-5-7-14(8-6-13)24-20(26)18(22)19(23)21(24)27/h3-11H,1-2H3/b9-3+. The summed E-state index contributed by atoms with van der Waals surface area (Å²) in [4.78, 5) is 37.8. The van der Waals surface area contributed by atoms with Crippen molar-refractivity contribution in [1.82, 2.24) is 0 Å². The minimum absolute atomic E-state index is 0.167. The molecule has 0 saturated carbocycles. The van der Waals surface area contributed by atoms with Gasteiger partial charge in [-0.15, -0.1) is 0 Å². The number of rotatable bonds is 6. The molecule has 0 bridgehead atoms. The molecule has 0 fully saturated rings. The second-order valence-electron chi connectivity index (χ2n) is 5.93. The van der Waals surface area contributed by atoms with E-state index in [1.54, 1.807) is 56.7 Å². The number of methoxy groups -OCH3 is 2. The summed E-state index contributed by atoms with van der Waals surface area (Å²) in [7, 11) is 3.10. The number of benzene rings is 2. The first-order valence-corrected chi connectivity index (χ1v) is 9.94. The first-order valence-electron chi connectivity index (χ1n) is 8.36. The van der Waals surface area contributed by atoms with Crippen LogP contribution in [0.15, 0.2) is 57.5 Å². The van der Waals surface area contributed by atoms with Crippen molar-refractivity contribution in [1.29, 1.82) is 0 Å². The van der Waals surface area contributed by atoms with Crippen LogP contribution < -0.4 is 14.4 Å². The van der Waals surface area contributed by atoms with Gasteiger partial charge in [-0.25, -0.2) is 4.90 Å². The second-order valence-corrected chi connectivity index (χ2v) is 7.52. The normalized spacial score (nSPS) is 14.1. The van der Waals surface area contributed by atoms with Gasteiger partial charge in [0, 0.05) is 5.56 Å². The highest BCUT2D eigenvalue weighted by molar-refractivity contribution is 9.14. The van der Waals surface area contributed by atoms with Crippen LogP contribution in [0.5, 0.6) is 11.5 Å². The average Bonchev–Trinajstić information content (AvgIpc) is 2.94. The molecule has 1 aliphatic rings. The number of halogens is 2. The fourth-order valence-corrected chi connectivity index (χ4v) is 3.40. The van der Waals surface area contributed by atoms with E-state index in [4.69, 9.17) is 9.47 Å². The molecule has 1 aliphatic heterocycles. The summed E-state index contributed by atoms with van der Waals surface area (Å²) in [5, 5.41) is 0. The summed E-state index contributed by atoms with van der Waals surface area (Å²) in [6, 6.07) is 11.6. The maximum atomic E-state index is 12.4. The summed E-state index contributed by atoms with van der Waals surface area (Å²) in [5.74, 6) is 0.0252. The Morgan fingerprint density at radius 1 is 0.897 bits per heavy atom. The number of hydrogen-bond acceptors (Lipinski definition) is 5. The molecule has 0 saturated heterocycles. The molecular formula is C21H15Br2NO5. The maximum absolute atomic E-state index is 12.4. The third-order valence-electron chi connectivity index (χ3n) is 4.22. The van der Waals surface area contributed by atoms with Gasteiger partial charge in [0.25, 0.3) is 11.8 Å². The number of nitrogens with zero attached hydrogens (tertiary/aromatic N) is 1. The van der Waals surface area contributed by atoms with Gasteiger partial charge in [0.1, 0.15) is 8.96 Å². The molecule has 0 spiro atoms. The van der Waals surface area contributed by atoms with Crippen LogP contribution in [0.1, 0.15) is 15.9 Å². The molecular weight excluding hydrogens is 506 g/mol. The number of anilines is 1. The number of allylic oxidation sites excluding steroid dienone is 1. The van der Waals surface area contributed by atoms with E-state index in [-0.39, 0.29) is 14.7 Å². The Labute approximate surface area is 184 Å². The molecule has 1 heterocycles. The molecule has 6 nitrogen and oxygen atoms in total. The van der Waals surface area contributed by atoms with Gasteiger partial charge in [0.2, 0.25) is 0 Å². The molecule has 3 rings (SSSR count). The lowest BCUT2D eigenvalue weighted by atomic mass is 10.1. The SMILES string of the molecule is COc1ccc(/C=C/C(=O)c2ccc(N3C(=O)C(Br)=C(Br)C3=O)cc2)cc1OC. The molecule has 0 aromatic heterocycles. The van der Waals surface area contributed by atoms with Crippen LogP contribution in [0.4, 0.5) is 5.69 Å². The van der Waals surface area contributed by atoms with Crippen LogP contribution in [0, 0.1) is 0 Å². The molecule has 2 aromatic rings. The van der Waals surface area contributed by atoms with Crippen LogP contribution >= 0.6 is 31.9 Å². The van der Waals surface area contributed by atoms with Crippen LogP contribution in [-0.4, -0.2) is 31.8 Å². The van der Waals surface area contributed by atoms with E-state index in [1.165, 1.54) is 6.08 Å². The van der Waals surface area contributed by atoms with Gasteiger partial charge in [-0.2, -0.15) is 0 Å². The summed E-state index contributed by atoms with van der Waals surface area (Å²) in [5.41, 5.74) is 1.59. The number of imide groups is 1. The average molecular weight is 521 g/mol. The Hall–Kier alpha value is -2.71. The topological polar surface area (TPSA) is 72.9 Å². The van der Waals surface area contributed by atoms with Crippen LogP contribution in [0.3, 0.4) is 0 Å². The van der Waals surface area contributed by atoms with Crippen LogP contribution in [-0.2, 0) is 9.59 Å². The van der Waals surface area contributed by atoms with Crippen LogP contribution in [0.25, 0.3) is 6.08 Å². The minimum atomic E-state index is -0.464. The summed E-state index contributed by atoms with van der Waals surface area (Å²) >= 11 is 6.17. The molecule has 0 N–H and O–H groups in total. The lowest BCUT2D eigenvalue weighted by Crippen LogP contribution is -2.30. The van der Waals surface area contributed by atoms with Crippen LogP contribution in [0.2, 0.25) is 0 Å². The fourth-order valence-electron chi connectivity index (χ4n) is 2.71. The van der Waals surface area contributed by atoms with Crippen molar-refractivity contribution in [2.24, 2.45) is 0 Å². The monoisotopic (exact) mass is 519 g/mol. The third-order valence-corrected chi connectivity index (χ3v) is 6.22. The van der Waals surface area contributed by atoms with Gasteiger partial charge in [0.05, 0.1) is 19.9 Å². The highest BCUT2D eigenvalue weighted by Crippen LogP contribution is 2.33. The quantitative estimate of drug-likeness (QED) is 0.319. The van der Waals surface area contributed by atoms with E-state index in [9.17, 15) is 14.4 Å². The Morgan fingerprint density at radius 3 is 2.03 bits per heavy atom. The van der Waals surface area contributed by atoms with Crippen molar-refractivity contribution in [2.45, 2.75) is 0 Å². The van der Waals surface area contributed by atoms with Gasteiger partial charge < -0.3 is 9.47 Å². The number of ketones is 1. The first-order chi connectivity index (χ1) is 13.9. The number of hydrogen-bond donors (Lipinski definition) is 0. The van der Waals surface area contributed by atoms with E-state index < -0.39 is 11.8 Å². The number of carbonyl (C=O) groups excluding carboxylic acids is 3. The van der Waals surface area contributed by atoms with Crippen molar-refractivity contribution < 1.29 is 23.9 Å². The molecule has 0 radical (unpaired) electrons. The molecule has 2 amide bonds. The first kappa shape index (κ1) is 21.0. The zero-order chi connectivity index (χ0) is 21.1. The van der Waals surface area contributed by atoms with Gasteiger partial charge in [-0.3, -0.25) is 14.4 Å². The van der Waals surface area contributed by atoms with Crippen molar-refractivity contribution in [3.8, 4) is 11.5 Å². The summed E-state index contributed by atoms with van der Waals surface area (Å²) in [6.07, 6.45) is 3.11. The Bertz CT molecular complexity index is 1030. The van der Waals surface area contributed by atoms with E-state index in [0.29, 0.717) is 22.7 Å². The van der Waals surface area contributed by atoms with E-state index in [0.717, 1.165) is 10.5 Å². The Balaban J connectivity index is 1.75. The van der Waals surface area contributed by atoms with Crippen molar-refractivity contribution in [3.05, 3.63) is 68.6 Å². The van der Waals surface area contributed by atoms with Crippen molar-refractivity contribution in [3.63, 3.8) is 0 Å². The molecule has 8 heteroatoms. The van der Waals surface area contributed by atoms with Crippen molar-refractivity contribution in [2.75, 3.05) is 19.1 Å². The highest BCUT2D eigenvalue weighted by Gasteiger charge is 2.36. The Morgan fingerprint density at radius 2 is 1.48 bits per heavy atom.